The number of halogens is 2. The van der Waals surface area contributed by atoms with Crippen LogP contribution in [0.5, 0.6) is 0 Å². The molecule has 0 aliphatic carbocycles. The number of sulfonamides is 1. The van der Waals surface area contributed by atoms with Crippen molar-refractivity contribution in [3.05, 3.63) is 28.2 Å². The molecule has 0 saturated heterocycles. The average molecular weight is 311 g/mol. The monoisotopic (exact) mass is 310 g/mol. The van der Waals surface area contributed by atoms with Crippen molar-refractivity contribution in [1.29, 1.82) is 0 Å². The van der Waals surface area contributed by atoms with Gasteiger partial charge in [-0.05, 0) is 45.3 Å². The maximum Gasteiger partial charge on any atom is 0.242 e. The molecule has 1 N–H and O–H groups in total. The zero-order chi connectivity index (χ0) is 13.8. The Bertz CT molecular complexity index is 504. The third-order valence-corrected chi connectivity index (χ3v) is 4.44. The number of hydrogen-bond acceptors (Lipinski definition) is 3. The molecule has 18 heavy (non-hydrogen) atoms. The number of benzene rings is 1. The van der Waals surface area contributed by atoms with Gasteiger partial charge in [-0.2, -0.15) is 0 Å². The van der Waals surface area contributed by atoms with Crippen molar-refractivity contribution >= 4 is 33.2 Å². The highest BCUT2D eigenvalue weighted by Gasteiger charge is 2.17. The Morgan fingerprint density at radius 2 is 1.94 bits per heavy atom. The van der Waals surface area contributed by atoms with Gasteiger partial charge in [0.05, 0.1) is 5.02 Å². The molecule has 0 fully saturated rings. The summed E-state index contributed by atoms with van der Waals surface area (Å²) in [5, 5.41) is 0.536. The number of rotatable bonds is 6. The third kappa shape index (κ3) is 4.74. The Morgan fingerprint density at radius 1 is 1.28 bits per heavy atom. The van der Waals surface area contributed by atoms with Crippen molar-refractivity contribution in [2.24, 2.45) is 0 Å². The molecule has 0 aliphatic heterocycles. The minimum absolute atomic E-state index is 0.0541. The molecule has 0 bridgehead atoms. The van der Waals surface area contributed by atoms with E-state index in [9.17, 15) is 8.42 Å². The smallest absolute Gasteiger partial charge is 0.242 e. The molecule has 0 heterocycles. The van der Waals surface area contributed by atoms with Gasteiger partial charge >= 0.3 is 0 Å². The van der Waals surface area contributed by atoms with Crippen LogP contribution in [0.4, 0.5) is 0 Å². The summed E-state index contributed by atoms with van der Waals surface area (Å²) in [5.74, 6) is 0. The second-order valence-electron chi connectivity index (χ2n) is 4.13. The maximum atomic E-state index is 12.0. The van der Waals surface area contributed by atoms with E-state index in [2.05, 4.69) is 4.72 Å². The van der Waals surface area contributed by atoms with Gasteiger partial charge in [0.15, 0.2) is 0 Å². The minimum atomic E-state index is -3.56. The first-order valence-electron chi connectivity index (χ1n) is 5.42. The van der Waals surface area contributed by atoms with Crippen LogP contribution in [-0.4, -0.2) is 40.5 Å². The maximum absolute atomic E-state index is 12.0. The van der Waals surface area contributed by atoms with Crippen molar-refractivity contribution in [3.63, 3.8) is 0 Å². The van der Waals surface area contributed by atoms with Gasteiger partial charge in [-0.25, -0.2) is 13.1 Å². The lowest BCUT2D eigenvalue weighted by molar-refractivity contribution is 0.400. The molecule has 4 nitrogen and oxygen atoms in total. The Morgan fingerprint density at radius 3 is 2.50 bits per heavy atom. The Kier molecular flexibility index (Phi) is 5.88. The molecular formula is C11H16Cl2N2O2S. The van der Waals surface area contributed by atoms with Crippen LogP contribution in [0.15, 0.2) is 23.1 Å². The number of hydrogen-bond donors (Lipinski definition) is 1. The quantitative estimate of drug-likeness (QED) is 0.820. The van der Waals surface area contributed by atoms with Crippen molar-refractivity contribution in [3.8, 4) is 0 Å². The highest BCUT2D eigenvalue weighted by molar-refractivity contribution is 7.89. The summed E-state index contributed by atoms with van der Waals surface area (Å²) in [5.41, 5.74) is 0. The van der Waals surface area contributed by atoms with Crippen LogP contribution in [-0.2, 0) is 10.0 Å². The van der Waals surface area contributed by atoms with E-state index in [4.69, 9.17) is 23.2 Å². The molecule has 0 amide bonds. The zero-order valence-electron chi connectivity index (χ0n) is 10.3. The second kappa shape index (κ2) is 6.73. The summed E-state index contributed by atoms with van der Waals surface area (Å²) in [7, 11) is 0.305. The lowest BCUT2D eigenvalue weighted by Gasteiger charge is -2.11. The van der Waals surface area contributed by atoms with E-state index in [1.165, 1.54) is 18.2 Å². The fourth-order valence-electron chi connectivity index (χ4n) is 1.37. The molecular weight excluding hydrogens is 295 g/mol. The molecule has 0 radical (unpaired) electrons. The molecule has 0 atom stereocenters. The van der Waals surface area contributed by atoms with Crippen LogP contribution in [0.2, 0.25) is 10.0 Å². The van der Waals surface area contributed by atoms with E-state index in [0.29, 0.717) is 11.6 Å². The highest BCUT2D eigenvalue weighted by atomic mass is 35.5. The number of nitrogens with one attached hydrogen (secondary N) is 1. The fraction of sp³-hybridized carbons (Fsp3) is 0.455. The van der Waals surface area contributed by atoms with Gasteiger partial charge in [0.2, 0.25) is 10.0 Å². The Labute approximate surface area is 118 Å². The van der Waals surface area contributed by atoms with Crippen molar-refractivity contribution in [2.75, 3.05) is 27.2 Å². The van der Waals surface area contributed by atoms with Crippen molar-refractivity contribution in [1.82, 2.24) is 9.62 Å². The molecule has 7 heteroatoms. The van der Waals surface area contributed by atoms with E-state index < -0.39 is 10.0 Å². The molecule has 0 unspecified atom stereocenters. The molecule has 0 saturated carbocycles. The first kappa shape index (κ1) is 15.7. The van der Waals surface area contributed by atoms with Crippen LogP contribution < -0.4 is 4.72 Å². The van der Waals surface area contributed by atoms with Gasteiger partial charge in [0, 0.05) is 11.6 Å². The molecule has 1 aromatic rings. The summed E-state index contributed by atoms with van der Waals surface area (Å²) in [6, 6.07) is 4.32. The SMILES string of the molecule is CN(C)CCCNS(=O)(=O)c1ccc(Cl)cc1Cl. The van der Waals surface area contributed by atoms with Gasteiger partial charge < -0.3 is 4.90 Å². The standard InChI is InChI=1S/C11H16Cl2N2O2S/c1-15(2)7-3-6-14-18(16,17)11-5-4-9(12)8-10(11)13/h4-5,8,14H,3,6-7H2,1-2H3. The summed E-state index contributed by atoms with van der Waals surface area (Å²) in [6.07, 6.45) is 0.734. The van der Waals surface area contributed by atoms with E-state index in [1.54, 1.807) is 0 Å². The predicted octanol–water partition coefficient (Wildman–Crippen LogP) is 2.22. The van der Waals surface area contributed by atoms with Gasteiger partial charge in [0.1, 0.15) is 4.90 Å². The van der Waals surface area contributed by atoms with Crippen molar-refractivity contribution < 1.29 is 8.42 Å². The molecule has 102 valence electrons. The molecule has 1 rings (SSSR count). The lowest BCUT2D eigenvalue weighted by Crippen LogP contribution is -2.27. The fourth-order valence-corrected chi connectivity index (χ4v) is 3.22. The largest absolute Gasteiger partial charge is 0.309 e. The van der Waals surface area contributed by atoms with Gasteiger partial charge in [-0.3, -0.25) is 0 Å². The van der Waals surface area contributed by atoms with Crippen LogP contribution in [0.25, 0.3) is 0 Å². The summed E-state index contributed by atoms with van der Waals surface area (Å²) >= 11 is 11.6. The third-order valence-electron chi connectivity index (χ3n) is 2.26. The first-order valence-corrected chi connectivity index (χ1v) is 7.66. The normalized spacial score (nSPS) is 12.1. The lowest BCUT2D eigenvalue weighted by atomic mass is 10.4. The van der Waals surface area contributed by atoms with Crippen LogP contribution in [0, 0.1) is 0 Å². The van der Waals surface area contributed by atoms with E-state index in [0.717, 1.165) is 13.0 Å². The Balaban J connectivity index is 2.69. The summed E-state index contributed by atoms with van der Waals surface area (Å²) < 4.78 is 26.4. The number of nitrogens with zero attached hydrogens (tertiary/aromatic N) is 1. The highest BCUT2D eigenvalue weighted by Crippen LogP contribution is 2.24. The van der Waals surface area contributed by atoms with E-state index in [1.807, 2.05) is 19.0 Å². The minimum Gasteiger partial charge on any atom is -0.309 e. The molecule has 0 aliphatic rings. The van der Waals surface area contributed by atoms with E-state index in [-0.39, 0.29) is 9.92 Å². The van der Waals surface area contributed by atoms with Crippen LogP contribution in [0.1, 0.15) is 6.42 Å². The van der Waals surface area contributed by atoms with Crippen LogP contribution >= 0.6 is 23.2 Å². The van der Waals surface area contributed by atoms with Gasteiger partial charge in [0.25, 0.3) is 0 Å². The van der Waals surface area contributed by atoms with Gasteiger partial charge in [-0.1, -0.05) is 23.2 Å². The van der Waals surface area contributed by atoms with Gasteiger partial charge in [-0.15, -0.1) is 0 Å². The predicted molar refractivity (Wildman–Crippen MR) is 74.8 cm³/mol. The summed E-state index contributed by atoms with van der Waals surface area (Å²) in [4.78, 5) is 2.04. The second-order valence-corrected chi connectivity index (χ2v) is 6.71. The molecule has 1 aromatic carbocycles. The molecule has 0 spiro atoms. The zero-order valence-corrected chi connectivity index (χ0v) is 12.6. The Hall–Kier alpha value is -0.330. The van der Waals surface area contributed by atoms with Crippen molar-refractivity contribution in [2.45, 2.75) is 11.3 Å². The summed E-state index contributed by atoms with van der Waals surface area (Å²) in [6.45, 7) is 1.19. The van der Waals surface area contributed by atoms with Crippen LogP contribution in [0.3, 0.4) is 0 Å². The average Bonchev–Trinajstić information content (AvgIpc) is 2.23. The molecule has 0 aromatic heterocycles. The first-order chi connectivity index (χ1) is 8.33. The topological polar surface area (TPSA) is 49.4 Å². The van der Waals surface area contributed by atoms with E-state index >= 15 is 0 Å².